The smallest absolute Gasteiger partial charge is 0.254 e. The van der Waals surface area contributed by atoms with Gasteiger partial charge in [-0.15, -0.1) is 0 Å². The summed E-state index contributed by atoms with van der Waals surface area (Å²) >= 11 is 0. The van der Waals surface area contributed by atoms with E-state index >= 15 is 0 Å². The second-order valence-electron chi connectivity index (χ2n) is 6.62. The van der Waals surface area contributed by atoms with Gasteiger partial charge in [0, 0.05) is 30.8 Å². The largest absolute Gasteiger partial charge is 0.496 e. The van der Waals surface area contributed by atoms with E-state index in [-0.39, 0.29) is 17.9 Å². The fourth-order valence-electron chi connectivity index (χ4n) is 2.97. The Bertz CT molecular complexity index is 811. The summed E-state index contributed by atoms with van der Waals surface area (Å²) in [4.78, 5) is 26.6. The number of nitrogens with zero attached hydrogens (tertiary/aromatic N) is 1. The summed E-state index contributed by atoms with van der Waals surface area (Å²) in [6.45, 7) is 2.49. The first-order chi connectivity index (χ1) is 12.5. The van der Waals surface area contributed by atoms with E-state index in [1.165, 1.54) is 0 Å². The van der Waals surface area contributed by atoms with Crippen LogP contribution >= 0.6 is 0 Å². The Kier molecular flexibility index (Phi) is 5.26. The van der Waals surface area contributed by atoms with E-state index in [1.807, 2.05) is 42.2 Å². The van der Waals surface area contributed by atoms with E-state index in [2.05, 4.69) is 5.32 Å². The van der Waals surface area contributed by atoms with E-state index in [1.54, 1.807) is 26.3 Å². The minimum Gasteiger partial charge on any atom is -0.496 e. The predicted octanol–water partition coefficient (Wildman–Crippen LogP) is 3.17. The van der Waals surface area contributed by atoms with Gasteiger partial charge in [-0.3, -0.25) is 9.59 Å². The number of carbonyl (C=O) groups excluding carboxylic acids is 2. The Hall–Kier alpha value is -2.82. The lowest BCUT2D eigenvalue weighted by Crippen LogP contribution is -2.32. The summed E-state index contributed by atoms with van der Waals surface area (Å²) in [7, 11) is 3.23. The fraction of sp³-hybridized carbons (Fsp3) is 0.333. The van der Waals surface area contributed by atoms with E-state index < -0.39 is 0 Å². The van der Waals surface area contributed by atoms with E-state index in [9.17, 15) is 9.59 Å². The molecule has 0 aliphatic heterocycles. The maximum absolute atomic E-state index is 13.0. The third-order valence-electron chi connectivity index (χ3n) is 4.70. The van der Waals surface area contributed by atoms with Crippen LogP contribution in [0.5, 0.6) is 5.75 Å². The van der Waals surface area contributed by atoms with Crippen LogP contribution in [0.15, 0.2) is 42.5 Å². The predicted molar refractivity (Wildman–Crippen MR) is 100 cm³/mol. The van der Waals surface area contributed by atoms with Gasteiger partial charge >= 0.3 is 0 Å². The van der Waals surface area contributed by atoms with Crippen molar-refractivity contribution in [2.24, 2.45) is 0 Å². The Morgan fingerprint density at radius 3 is 2.35 bits per heavy atom. The topological polar surface area (TPSA) is 58.6 Å². The molecule has 26 heavy (non-hydrogen) atoms. The van der Waals surface area contributed by atoms with Crippen LogP contribution in [0.4, 0.5) is 0 Å². The Labute approximate surface area is 154 Å². The molecular formula is C21H24N2O3. The molecule has 2 amide bonds. The molecule has 0 saturated heterocycles. The molecule has 1 N–H and O–H groups in total. The number of ether oxygens (including phenoxy) is 1. The van der Waals surface area contributed by atoms with Gasteiger partial charge < -0.3 is 15.0 Å². The first kappa shape index (κ1) is 18.0. The first-order valence-electron chi connectivity index (χ1n) is 8.80. The third-order valence-corrected chi connectivity index (χ3v) is 4.70. The lowest BCUT2D eigenvalue weighted by molar-refractivity contribution is 0.0729. The SMILES string of the molecule is CNC(=O)c1ccc(CN(C(=O)c2ccc(C)c(OC)c2)C2CC2)cc1. The van der Waals surface area contributed by atoms with Crippen molar-refractivity contribution >= 4 is 11.8 Å². The third kappa shape index (κ3) is 3.87. The van der Waals surface area contributed by atoms with Crippen LogP contribution in [0.3, 0.4) is 0 Å². The normalized spacial score (nSPS) is 13.2. The minimum absolute atomic E-state index is 0.0150. The summed E-state index contributed by atoms with van der Waals surface area (Å²) in [5.74, 6) is 0.626. The Morgan fingerprint density at radius 2 is 1.77 bits per heavy atom. The van der Waals surface area contributed by atoms with Crippen molar-refractivity contribution < 1.29 is 14.3 Å². The van der Waals surface area contributed by atoms with E-state index in [0.29, 0.717) is 17.7 Å². The van der Waals surface area contributed by atoms with Gasteiger partial charge in [-0.05, 0) is 55.2 Å². The van der Waals surface area contributed by atoms with Gasteiger partial charge in [0.05, 0.1) is 7.11 Å². The van der Waals surface area contributed by atoms with Crippen LogP contribution in [-0.2, 0) is 6.54 Å². The highest BCUT2D eigenvalue weighted by atomic mass is 16.5. The van der Waals surface area contributed by atoms with Crippen LogP contribution in [0.1, 0.15) is 44.7 Å². The van der Waals surface area contributed by atoms with Gasteiger partial charge in [0.15, 0.2) is 0 Å². The average molecular weight is 352 g/mol. The number of rotatable bonds is 6. The fourth-order valence-corrected chi connectivity index (χ4v) is 2.97. The number of benzene rings is 2. The Balaban J connectivity index is 1.79. The molecule has 1 saturated carbocycles. The minimum atomic E-state index is -0.113. The molecule has 0 spiro atoms. The van der Waals surface area contributed by atoms with Crippen LogP contribution in [0.25, 0.3) is 0 Å². The number of carbonyl (C=O) groups is 2. The van der Waals surface area contributed by atoms with Gasteiger partial charge in [0.25, 0.3) is 11.8 Å². The second kappa shape index (κ2) is 7.60. The van der Waals surface area contributed by atoms with Gasteiger partial charge in [-0.25, -0.2) is 0 Å². The first-order valence-corrected chi connectivity index (χ1v) is 8.80. The quantitative estimate of drug-likeness (QED) is 0.869. The highest BCUT2D eigenvalue weighted by molar-refractivity contribution is 5.95. The molecule has 0 aromatic heterocycles. The van der Waals surface area contributed by atoms with Gasteiger partial charge in [-0.2, -0.15) is 0 Å². The van der Waals surface area contributed by atoms with E-state index in [4.69, 9.17) is 4.74 Å². The molecule has 0 radical (unpaired) electrons. The number of hydrogen-bond donors (Lipinski definition) is 1. The van der Waals surface area contributed by atoms with E-state index in [0.717, 1.165) is 29.7 Å². The number of methoxy groups -OCH3 is 1. The van der Waals surface area contributed by atoms with Crippen molar-refractivity contribution in [2.75, 3.05) is 14.2 Å². The summed E-state index contributed by atoms with van der Waals surface area (Å²) in [6, 6.07) is 13.2. The molecule has 0 atom stereocenters. The van der Waals surface area contributed by atoms with Crippen LogP contribution in [0.2, 0.25) is 0 Å². The lowest BCUT2D eigenvalue weighted by Gasteiger charge is -2.23. The average Bonchev–Trinajstić information content (AvgIpc) is 3.51. The molecule has 2 aromatic rings. The van der Waals surface area contributed by atoms with Crippen molar-refractivity contribution in [3.8, 4) is 5.75 Å². The molecule has 2 aromatic carbocycles. The molecule has 0 bridgehead atoms. The lowest BCUT2D eigenvalue weighted by atomic mass is 10.1. The van der Waals surface area contributed by atoms with Crippen LogP contribution in [-0.4, -0.2) is 36.9 Å². The summed E-state index contributed by atoms with van der Waals surface area (Å²) in [5.41, 5.74) is 3.27. The molecule has 5 heteroatoms. The zero-order chi connectivity index (χ0) is 18.7. The summed E-state index contributed by atoms with van der Waals surface area (Å²) in [6.07, 6.45) is 2.07. The molecule has 0 heterocycles. The number of nitrogens with one attached hydrogen (secondary N) is 1. The maximum atomic E-state index is 13.0. The van der Waals surface area contributed by atoms with Crippen molar-refractivity contribution in [1.82, 2.24) is 10.2 Å². The molecule has 5 nitrogen and oxygen atoms in total. The van der Waals surface area contributed by atoms with Crippen molar-refractivity contribution in [1.29, 1.82) is 0 Å². The summed E-state index contributed by atoms with van der Waals surface area (Å²) in [5, 5.41) is 2.61. The molecule has 3 rings (SSSR count). The maximum Gasteiger partial charge on any atom is 0.254 e. The zero-order valence-electron chi connectivity index (χ0n) is 15.4. The standard InChI is InChI=1S/C21H24N2O3/c1-14-4-7-17(12-19(14)26-3)21(25)23(18-10-11-18)13-15-5-8-16(9-6-15)20(24)22-2/h4-9,12,18H,10-11,13H2,1-3H3,(H,22,24). The monoisotopic (exact) mass is 352 g/mol. The molecule has 1 fully saturated rings. The number of hydrogen-bond acceptors (Lipinski definition) is 3. The van der Waals surface area contributed by atoms with Crippen molar-refractivity contribution in [3.63, 3.8) is 0 Å². The van der Waals surface area contributed by atoms with Gasteiger partial charge in [0.2, 0.25) is 0 Å². The molecular weight excluding hydrogens is 328 g/mol. The number of aryl methyl sites for hydroxylation is 1. The highest BCUT2D eigenvalue weighted by Crippen LogP contribution is 2.31. The molecule has 0 unspecified atom stereocenters. The molecule has 136 valence electrons. The summed E-state index contributed by atoms with van der Waals surface area (Å²) < 4.78 is 5.35. The molecule has 1 aliphatic rings. The molecule has 1 aliphatic carbocycles. The second-order valence-corrected chi connectivity index (χ2v) is 6.62. The van der Waals surface area contributed by atoms with Crippen molar-refractivity contribution in [2.45, 2.75) is 32.4 Å². The van der Waals surface area contributed by atoms with Crippen LogP contribution < -0.4 is 10.1 Å². The van der Waals surface area contributed by atoms with Gasteiger partial charge in [0.1, 0.15) is 5.75 Å². The van der Waals surface area contributed by atoms with Gasteiger partial charge in [-0.1, -0.05) is 18.2 Å². The zero-order valence-corrected chi connectivity index (χ0v) is 15.4. The highest BCUT2D eigenvalue weighted by Gasteiger charge is 2.33. The van der Waals surface area contributed by atoms with Crippen molar-refractivity contribution in [3.05, 3.63) is 64.7 Å². The number of amides is 2. The van der Waals surface area contributed by atoms with Crippen LogP contribution in [0, 0.1) is 6.92 Å². The Morgan fingerprint density at radius 1 is 1.12 bits per heavy atom.